The van der Waals surface area contributed by atoms with Crippen LogP contribution in [-0.4, -0.2) is 22.3 Å². The largest absolute Gasteiger partial charge is 0.292 e. The molecule has 1 nitrogen and oxygen atoms in total. The molecule has 1 aromatic rings. The van der Waals surface area contributed by atoms with Crippen LogP contribution >= 0.6 is 15.9 Å². The third kappa shape index (κ3) is 1.63. The fourth-order valence-corrected chi connectivity index (χ4v) is 4.33. The van der Waals surface area contributed by atoms with E-state index in [1.54, 1.807) is 0 Å². The van der Waals surface area contributed by atoms with Crippen LogP contribution in [0.5, 0.6) is 0 Å². The van der Waals surface area contributed by atoms with Crippen molar-refractivity contribution in [3.05, 3.63) is 35.9 Å². The van der Waals surface area contributed by atoms with Crippen LogP contribution in [0.3, 0.4) is 0 Å². The van der Waals surface area contributed by atoms with Gasteiger partial charge in [-0.25, -0.2) is 0 Å². The summed E-state index contributed by atoms with van der Waals surface area (Å²) < 4.78 is 0. The summed E-state index contributed by atoms with van der Waals surface area (Å²) in [5, 5.41) is 0. The first-order valence-corrected chi connectivity index (χ1v) is 7.13. The van der Waals surface area contributed by atoms with Gasteiger partial charge in [0, 0.05) is 23.5 Å². The highest BCUT2D eigenvalue weighted by Crippen LogP contribution is 2.45. The van der Waals surface area contributed by atoms with Crippen molar-refractivity contribution < 1.29 is 0 Å². The molecule has 2 bridgehead atoms. The molecule has 2 fully saturated rings. The van der Waals surface area contributed by atoms with Crippen molar-refractivity contribution in [1.29, 1.82) is 0 Å². The molecule has 3 rings (SSSR count). The second-order valence-corrected chi connectivity index (χ2v) is 6.19. The number of halogens is 1. The minimum Gasteiger partial charge on any atom is -0.292 e. The highest BCUT2D eigenvalue weighted by atomic mass is 79.9. The number of hydrogen-bond acceptors (Lipinski definition) is 1. The summed E-state index contributed by atoms with van der Waals surface area (Å²) >= 11 is 3.87. The molecule has 0 amide bonds. The summed E-state index contributed by atoms with van der Waals surface area (Å²) in [5.74, 6) is 0.885. The van der Waals surface area contributed by atoms with Crippen LogP contribution in [0, 0.1) is 5.92 Å². The quantitative estimate of drug-likeness (QED) is 0.748. The zero-order chi connectivity index (χ0) is 11.1. The fraction of sp³-hybridized carbons (Fsp3) is 0.571. The summed E-state index contributed by atoms with van der Waals surface area (Å²) in [7, 11) is 0. The smallest absolute Gasteiger partial charge is 0.0342 e. The SMILES string of the molecule is CC(c1ccccc1)N1CC2CC[C@@H]1C2Br. The van der Waals surface area contributed by atoms with E-state index < -0.39 is 0 Å². The number of piperidine rings is 1. The molecular formula is C14H18BrN. The number of rotatable bonds is 2. The molecule has 1 aliphatic carbocycles. The van der Waals surface area contributed by atoms with E-state index in [2.05, 4.69) is 58.1 Å². The summed E-state index contributed by atoms with van der Waals surface area (Å²) in [5.41, 5.74) is 1.45. The molecule has 4 atom stereocenters. The highest BCUT2D eigenvalue weighted by molar-refractivity contribution is 9.09. The Kier molecular flexibility index (Phi) is 2.80. The van der Waals surface area contributed by atoms with Crippen molar-refractivity contribution in [3.63, 3.8) is 0 Å². The summed E-state index contributed by atoms with van der Waals surface area (Å²) in [4.78, 5) is 3.42. The van der Waals surface area contributed by atoms with E-state index in [4.69, 9.17) is 0 Å². The van der Waals surface area contributed by atoms with E-state index in [-0.39, 0.29) is 0 Å². The van der Waals surface area contributed by atoms with Gasteiger partial charge in [0.1, 0.15) is 0 Å². The van der Waals surface area contributed by atoms with Crippen LogP contribution in [0.25, 0.3) is 0 Å². The van der Waals surface area contributed by atoms with Crippen LogP contribution in [0.15, 0.2) is 30.3 Å². The maximum atomic E-state index is 3.87. The Morgan fingerprint density at radius 3 is 2.56 bits per heavy atom. The predicted molar refractivity (Wildman–Crippen MR) is 70.8 cm³/mol. The van der Waals surface area contributed by atoms with Gasteiger partial charge in [0.15, 0.2) is 0 Å². The molecule has 1 aromatic carbocycles. The van der Waals surface area contributed by atoms with E-state index in [9.17, 15) is 0 Å². The molecule has 86 valence electrons. The van der Waals surface area contributed by atoms with Crippen molar-refractivity contribution in [2.45, 2.75) is 36.7 Å². The molecule has 3 unspecified atom stereocenters. The lowest BCUT2D eigenvalue weighted by atomic mass is 10.0. The van der Waals surface area contributed by atoms with Crippen molar-refractivity contribution in [2.75, 3.05) is 6.54 Å². The summed E-state index contributed by atoms with van der Waals surface area (Å²) in [6.07, 6.45) is 2.79. The third-order valence-electron chi connectivity index (χ3n) is 4.30. The Hall–Kier alpha value is -0.340. The molecule has 0 aromatic heterocycles. The van der Waals surface area contributed by atoms with Crippen molar-refractivity contribution in [1.82, 2.24) is 4.90 Å². The number of fused-ring (bicyclic) bond motifs is 2. The molecule has 0 radical (unpaired) electrons. The molecule has 2 aliphatic rings. The summed E-state index contributed by atoms with van der Waals surface area (Å²) in [6.45, 7) is 3.62. The third-order valence-corrected chi connectivity index (χ3v) is 5.66. The van der Waals surface area contributed by atoms with E-state index in [0.717, 1.165) is 16.8 Å². The van der Waals surface area contributed by atoms with Gasteiger partial charge in [-0.15, -0.1) is 0 Å². The molecule has 2 heteroatoms. The lowest BCUT2D eigenvalue weighted by molar-refractivity contribution is 0.161. The molecule has 1 saturated carbocycles. The minimum absolute atomic E-state index is 0.566. The van der Waals surface area contributed by atoms with Gasteiger partial charge in [-0.2, -0.15) is 0 Å². The van der Waals surface area contributed by atoms with Gasteiger partial charge >= 0.3 is 0 Å². The van der Waals surface area contributed by atoms with Crippen molar-refractivity contribution in [2.24, 2.45) is 5.92 Å². The normalized spacial score (nSPS) is 35.5. The zero-order valence-electron chi connectivity index (χ0n) is 9.64. The van der Waals surface area contributed by atoms with E-state index in [0.29, 0.717) is 6.04 Å². The van der Waals surface area contributed by atoms with Gasteiger partial charge in [-0.05, 0) is 31.2 Å². The Morgan fingerprint density at radius 1 is 1.25 bits per heavy atom. The monoisotopic (exact) mass is 279 g/mol. The Bertz CT molecular complexity index is 364. The topological polar surface area (TPSA) is 3.24 Å². The first-order chi connectivity index (χ1) is 7.77. The Balaban J connectivity index is 1.80. The average Bonchev–Trinajstić information content (AvgIpc) is 2.85. The van der Waals surface area contributed by atoms with E-state index in [1.807, 2.05) is 0 Å². The standard InChI is InChI=1S/C14H18BrN/c1-10(11-5-3-2-4-6-11)16-9-12-7-8-13(16)14(12)15/h2-6,10,12-14H,7-9H2,1H3/t10?,12?,13-,14?/m1/s1. The number of likely N-dealkylation sites (tertiary alicyclic amines) is 1. The lowest BCUT2D eigenvalue weighted by Crippen LogP contribution is -2.35. The zero-order valence-corrected chi connectivity index (χ0v) is 11.2. The van der Waals surface area contributed by atoms with E-state index >= 15 is 0 Å². The molecule has 0 spiro atoms. The molecule has 1 aliphatic heterocycles. The highest BCUT2D eigenvalue weighted by Gasteiger charge is 2.46. The second kappa shape index (κ2) is 4.15. The summed E-state index contributed by atoms with van der Waals surface area (Å²) in [6, 6.07) is 12.2. The number of alkyl halides is 1. The minimum atomic E-state index is 0.566. The molecule has 0 N–H and O–H groups in total. The fourth-order valence-electron chi connectivity index (χ4n) is 3.33. The maximum Gasteiger partial charge on any atom is 0.0342 e. The van der Waals surface area contributed by atoms with Gasteiger partial charge in [0.25, 0.3) is 0 Å². The first kappa shape index (κ1) is 10.8. The Labute approximate surface area is 106 Å². The van der Waals surface area contributed by atoms with Crippen molar-refractivity contribution in [3.8, 4) is 0 Å². The maximum absolute atomic E-state index is 3.87. The molecule has 16 heavy (non-hydrogen) atoms. The Morgan fingerprint density at radius 2 is 2.00 bits per heavy atom. The first-order valence-electron chi connectivity index (χ1n) is 6.22. The lowest BCUT2D eigenvalue weighted by Gasteiger charge is -2.33. The number of hydrogen-bond donors (Lipinski definition) is 0. The molecular weight excluding hydrogens is 262 g/mol. The van der Waals surface area contributed by atoms with Gasteiger partial charge in [-0.3, -0.25) is 4.90 Å². The average molecular weight is 280 g/mol. The number of nitrogens with zero attached hydrogens (tertiary/aromatic N) is 1. The van der Waals surface area contributed by atoms with Crippen LogP contribution < -0.4 is 0 Å². The van der Waals surface area contributed by atoms with Gasteiger partial charge < -0.3 is 0 Å². The van der Waals surface area contributed by atoms with Gasteiger partial charge in [0.05, 0.1) is 0 Å². The van der Waals surface area contributed by atoms with Crippen LogP contribution in [-0.2, 0) is 0 Å². The van der Waals surface area contributed by atoms with Gasteiger partial charge in [-0.1, -0.05) is 46.3 Å². The number of benzene rings is 1. The molecule has 1 saturated heterocycles. The van der Waals surface area contributed by atoms with Crippen molar-refractivity contribution >= 4 is 15.9 Å². The van der Waals surface area contributed by atoms with E-state index in [1.165, 1.54) is 24.9 Å². The van der Waals surface area contributed by atoms with Gasteiger partial charge in [0.2, 0.25) is 0 Å². The van der Waals surface area contributed by atoms with Crippen LogP contribution in [0.4, 0.5) is 0 Å². The second-order valence-electron chi connectivity index (χ2n) is 5.13. The molecule has 1 heterocycles. The van der Waals surface area contributed by atoms with Crippen LogP contribution in [0.1, 0.15) is 31.4 Å². The predicted octanol–water partition coefficient (Wildman–Crippen LogP) is 3.61. The van der Waals surface area contributed by atoms with Crippen LogP contribution in [0.2, 0.25) is 0 Å².